The van der Waals surface area contributed by atoms with Gasteiger partial charge in [0, 0.05) is 43.2 Å². The van der Waals surface area contributed by atoms with Crippen LogP contribution in [0, 0.1) is 5.82 Å². The second-order valence-corrected chi connectivity index (χ2v) is 8.25. The minimum absolute atomic E-state index is 0.0810. The molecule has 166 valence electrons. The van der Waals surface area contributed by atoms with E-state index in [9.17, 15) is 9.18 Å². The van der Waals surface area contributed by atoms with Crippen molar-refractivity contribution in [3.05, 3.63) is 88.7 Å². The molecule has 0 aliphatic carbocycles. The number of hydroxylamine groups is 1. The fraction of sp³-hybridized carbons (Fsp3) is 0.240. The number of halogens is 2. The van der Waals surface area contributed by atoms with E-state index >= 15 is 0 Å². The number of carbonyl (C=O) groups is 1. The van der Waals surface area contributed by atoms with Crippen molar-refractivity contribution in [3.8, 4) is 11.1 Å². The number of benzene rings is 3. The maximum absolute atomic E-state index is 14.8. The van der Waals surface area contributed by atoms with Crippen molar-refractivity contribution in [1.82, 2.24) is 10.6 Å². The lowest BCUT2D eigenvalue weighted by atomic mass is 10.0. The number of anilines is 1. The Morgan fingerprint density at radius 3 is 2.28 bits per heavy atom. The highest BCUT2D eigenvalue weighted by molar-refractivity contribution is 6.30. The normalized spacial score (nSPS) is 15.3. The average Bonchev–Trinajstić information content (AvgIpc) is 2.75. The first-order valence-electron chi connectivity index (χ1n) is 10.5. The van der Waals surface area contributed by atoms with Gasteiger partial charge in [0.1, 0.15) is 11.9 Å². The van der Waals surface area contributed by atoms with Gasteiger partial charge in [0.2, 0.25) is 5.91 Å². The first-order valence-corrected chi connectivity index (χ1v) is 10.9. The van der Waals surface area contributed by atoms with Crippen molar-refractivity contribution < 1.29 is 14.0 Å². The van der Waals surface area contributed by atoms with E-state index in [1.165, 1.54) is 18.6 Å². The van der Waals surface area contributed by atoms with Crippen LogP contribution in [-0.4, -0.2) is 25.1 Å². The maximum Gasteiger partial charge on any atom is 0.216 e. The van der Waals surface area contributed by atoms with E-state index in [-0.39, 0.29) is 17.8 Å². The summed E-state index contributed by atoms with van der Waals surface area (Å²) in [5.41, 5.74) is 4.32. The standard InChI is InChI=1S/C25H25ClFN3O2/c1-17(31)29-15-23-16-30(32-23)22-10-11-24(25(27)12-22)20-6-2-18(3-7-20)13-28-14-19-4-8-21(26)9-5-19/h2-12,23,28H,13-16H2,1H3,(H,29,31)/t23-/m0/s1. The molecule has 1 heterocycles. The van der Waals surface area contributed by atoms with Crippen molar-refractivity contribution >= 4 is 23.2 Å². The third-order valence-electron chi connectivity index (χ3n) is 5.30. The molecule has 0 bridgehead atoms. The molecule has 3 aromatic rings. The SMILES string of the molecule is CC(=O)NC[C@H]1CN(c2ccc(-c3ccc(CNCc4ccc(Cl)cc4)cc3)c(F)c2)O1. The monoisotopic (exact) mass is 453 g/mol. The van der Waals surface area contributed by atoms with Gasteiger partial charge in [-0.15, -0.1) is 0 Å². The van der Waals surface area contributed by atoms with E-state index < -0.39 is 0 Å². The zero-order chi connectivity index (χ0) is 22.5. The average molecular weight is 454 g/mol. The topological polar surface area (TPSA) is 53.6 Å². The van der Waals surface area contributed by atoms with Gasteiger partial charge in [0.15, 0.2) is 0 Å². The lowest BCUT2D eigenvalue weighted by Gasteiger charge is -2.39. The van der Waals surface area contributed by atoms with Gasteiger partial charge in [-0.3, -0.25) is 14.7 Å². The molecule has 1 fully saturated rings. The molecule has 7 heteroatoms. The zero-order valence-corrected chi connectivity index (χ0v) is 18.5. The first kappa shape index (κ1) is 22.3. The smallest absolute Gasteiger partial charge is 0.216 e. The molecule has 3 aromatic carbocycles. The molecule has 32 heavy (non-hydrogen) atoms. The minimum atomic E-state index is -0.301. The quantitative estimate of drug-likeness (QED) is 0.519. The maximum atomic E-state index is 14.8. The van der Waals surface area contributed by atoms with Crippen LogP contribution in [0.15, 0.2) is 66.7 Å². The summed E-state index contributed by atoms with van der Waals surface area (Å²) in [6.45, 7) is 3.99. The summed E-state index contributed by atoms with van der Waals surface area (Å²) in [7, 11) is 0. The number of nitrogens with zero attached hydrogens (tertiary/aromatic N) is 1. The van der Waals surface area contributed by atoms with Gasteiger partial charge in [0.25, 0.3) is 0 Å². The highest BCUT2D eigenvalue weighted by Gasteiger charge is 2.29. The Hall–Kier alpha value is -2.93. The van der Waals surface area contributed by atoms with Gasteiger partial charge in [-0.1, -0.05) is 48.0 Å². The van der Waals surface area contributed by atoms with Gasteiger partial charge >= 0.3 is 0 Å². The predicted molar refractivity (Wildman–Crippen MR) is 125 cm³/mol. The first-order chi connectivity index (χ1) is 15.5. The molecule has 5 nitrogen and oxygen atoms in total. The van der Waals surface area contributed by atoms with E-state index in [1.807, 2.05) is 54.6 Å². The molecule has 0 radical (unpaired) electrons. The molecule has 0 spiro atoms. The summed E-state index contributed by atoms with van der Waals surface area (Å²) in [6, 6.07) is 20.7. The summed E-state index contributed by atoms with van der Waals surface area (Å²) in [6.07, 6.45) is -0.0810. The summed E-state index contributed by atoms with van der Waals surface area (Å²) >= 11 is 5.91. The Bertz CT molecular complexity index is 1070. The lowest BCUT2D eigenvalue weighted by molar-refractivity contribution is -0.121. The highest BCUT2D eigenvalue weighted by Crippen LogP contribution is 2.30. The van der Waals surface area contributed by atoms with Gasteiger partial charge in [0.05, 0.1) is 12.2 Å². The summed E-state index contributed by atoms with van der Waals surface area (Å²) in [4.78, 5) is 16.6. The van der Waals surface area contributed by atoms with Gasteiger partial charge in [-0.05, 0) is 41.0 Å². The lowest BCUT2D eigenvalue weighted by Crippen LogP contribution is -2.53. The molecule has 4 rings (SSSR count). The van der Waals surface area contributed by atoms with Crippen molar-refractivity contribution in [3.63, 3.8) is 0 Å². The molecule has 0 unspecified atom stereocenters. The fourth-order valence-electron chi connectivity index (χ4n) is 3.53. The fourth-order valence-corrected chi connectivity index (χ4v) is 3.66. The van der Waals surface area contributed by atoms with Crippen LogP contribution in [0.5, 0.6) is 0 Å². The second kappa shape index (κ2) is 10.1. The van der Waals surface area contributed by atoms with Crippen LogP contribution in [0.4, 0.5) is 10.1 Å². The number of rotatable bonds is 8. The van der Waals surface area contributed by atoms with E-state index in [0.29, 0.717) is 24.3 Å². The second-order valence-electron chi connectivity index (χ2n) is 7.82. The van der Waals surface area contributed by atoms with Crippen LogP contribution >= 0.6 is 11.6 Å². The summed E-state index contributed by atoms with van der Waals surface area (Å²) in [5, 5.41) is 8.48. The van der Waals surface area contributed by atoms with Crippen molar-refractivity contribution in [2.75, 3.05) is 18.2 Å². The van der Waals surface area contributed by atoms with Gasteiger partial charge in [-0.25, -0.2) is 4.39 Å². The highest BCUT2D eigenvalue weighted by atomic mass is 35.5. The van der Waals surface area contributed by atoms with Crippen LogP contribution in [0.3, 0.4) is 0 Å². The summed E-state index contributed by atoms with van der Waals surface area (Å²) in [5.74, 6) is -0.393. The molecule has 1 aliphatic heterocycles. The molecule has 1 amide bonds. The largest absolute Gasteiger partial charge is 0.354 e. The Labute approximate surface area is 192 Å². The Kier molecular flexibility index (Phi) is 7.05. The van der Waals surface area contributed by atoms with E-state index in [0.717, 1.165) is 29.2 Å². The third-order valence-corrected chi connectivity index (χ3v) is 5.55. The van der Waals surface area contributed by atoms with Crippen molar-refractivity contribution in [2.24, 2.45) is 0 Å². The Morgan fingerprint density at radius 2 is 1.69 bits per heavy atom. The summed E-state index contributed by atoms with van der Waals surface area (Å²) < 4.78 is 14.8. The molecule has 1 saturated heterocycles. The molecule has 2 N–H and O–H groups in total. The van der Waals surface area contributed by atoms with Gasteiger partial charge < -0.3 is 10.6 Å². The zero-order valence-electron chi connectivity index (χ0n) is 17.8. The van der Waals surface area contributed by atoms with E-state index in [2.05, 4.69) is 10.6 Å². The number of nitrogens with one attached hydrogen (secondary N) is 2. The third kappa shape index (κ3) is 5.65. The minimum Gasteiger partial charge on any atom is -0.354 e. The molecule has 1 atom stereocenters. The molecular formula is C25H25ClFN3O2. The number of carbonyl (C=O) groups excluding carboxylic acids is 1. The van der Waals surface area contributed by atoms with Crippen LogP contribution < -0.4 is 15.7 Å². The van der Waals surface area contributed by atoms with E-state index in [1.54, 1.807) is 11.1 Å². The van der Waals surface area contributed by atoms with Crippen LogP contribution in [0.1, 0.15) is 18.1 Å². The predicted octanol–water partition coefficient (Wildman–Crippen LogP) is 4.69. The van der Waals surface area contributed by atoms with Crippen LogP contribution in [0.2, 0.25) is 5.02 Å². The van der Waals surface area contributed by atoms with Crippen molar-refractivity contribution in [2.45, 2.75) is 26.1 Å². The van der Waals surface area contributed by atoms with Crippen LogP contribution in [0.25, 0.3) is 11.1 Å². The molecule has 1 aliphatic rings. The number of hydrogen-bond acceptors (Lipinski definition) is 4. The Morgan fingerprint density at radius 1 is 1.06 bits per heavy atom. The van der Waals surface area contributed by atoms with Gasteiger partial charge in [-0.2, -0.15) is 0 Å². The van der Waals surface area contributed by atoms with E-state index in [4.69, 9.17) is 16.4 Å². The number of hydrogen-bond donors (Lipinski definition) is 2. The molecule has 0 aromatic heterocycles. The molecular weight excluding hydrogens is 429 g/mol. The number of amides is 1. The van der Waals surface area contributed by atoms with Crippen molar-refractivity contribution in [1.29, 1.82) is 0 Å². The van der Waals surface area contributed by atoms with Crippen LogP contribution in [-0.2, 0) is 22.7 Å². The molecule has 0 saturated carbocycles. The Balaban J connectivity index is 1.31.